The molecule has 0 bridgehead atoms. The molecule has 0 fully saturated rings. The molecule has 0 atom stereocenters. The number of thiazole rings is 1. The zero-order valence-corrected chi connectivity index (χ0v) is 10.4. The molecule has 0 aliphatic heterocycles. The molecule has 0 saturated carbocycles. The van der Waals surface area contributed by atoms with Gasteiger partial charge in [-0.3, -0.25) is 4.90 Å². The average molecular weight is 249 g/mol. The Kier molecular flexibility index (Phi) is 4.03. The van der Waals surface area contributed by atoms with Crippen molar-refractivity contribution in [1.82, 2.24) is 14.9 Å². The molecule has 0 unspecified atom stereocenters. The third-order valence-corrected chi connectivity index (χ3v) is 2.98. The number of rotatable bonds is 5. The lowest BCUT2D eigenvalue weighted by molar-refractivity contribution is 0.316. The number of hydrogen-bond donors (Lipinski definition) is 2. The Balaban J connectivity index is 1.95. The van der Waals surface area contributed by atoms with Gasteiger partial charge in [-0.2, -0.15) is 0 Å². The van der Waals surface area contributed by atoms with Gasteiger partial charge in [-0.25, -0.2) is 15.8 Å². The van der Waals surface area contributed by atoms with Crippen molar-refractivity contribution < 1.29 is 0 Å². The molecule has 0 aliphatic rings. The van der Waals surface area contributed by atoms with E-state index in [-0.39, 0.29) is 0 Å². The smallest absolute Gasteiger partial charge is 0.140 e. The van der Waals surface area contributed by atoms with Gasteiger partial charge in [-0.1, -0.05) is 0 Å². The quantitative estimate of drug-likeness (QED) is 0.620. The summed E-state index contributed by atoms with van der Waals surface area (Å²) in [4.78, 5) is 10.5. The summed E-state index contributed by atoms with van der Waals surface area (Å²) in [7, 11) is 2.06. The van der Waals surface area contributed by atoms with E-state index < -0.39 is 0 Å². The normalized spacial score (nSPS) is 10.8. The molecule has 0 spiro atoms. The first kappa shape index (κ1) is 12.0. The highest BCUT2D eigenvalue weighted by molar-refractivity contribution is 7.07. The van der Waals surface area contributed by atoms with Crippen LogP contribution in [0.5, 0.6) is 0 Å². The fraction of sp³-hybridized carbons (Fsp3) is 0.273. The average Bonchev–Trinajstić information content (AvgIpc) is 2.82. The molecule has 2 rings (SSSR count). The van der Waals surface area contributed by atoms with Crippen LogP contribution in [0.25, 0.3) is 0 Å². The molecular weight excluding hydrogens is 234 g/mol. The molecule has 0 amide bonds. The standard InChI is InChI=1S/C11H15N5S/c1-16(6-10-7-17-8-14-10)5-9-2-3-13-11(4-9)15-12/h2-4,7-8H,5-6,12H2,1H3,(H,13,15). The third kappa shape index (κ3) is 3.48. The second-order valence-electron chi connectivity index (χ2n) is 3.85. The highest BCUT2D eigenvalue weighted by Crippen LogP contribution is 2.10. The number of hydrogen-bond acceptors (Lipinski definition) is 6. The number of nitrogen functional groups attached to an aromatic ring is 1. The Hall–Kier alpha value is -1.50. The highest BCUT2D eigenvalue weighted by atomic mass is 32.1. The van der Waals surface area contributed by atoms with Crippen LogP contribution in [0.3, 0.4) is 0 Å². The molecule has 0 radical (unpaired) electrons. The van der Waals surface area contributed by atoms with E-state index in [1.807, 2.05) is 17.6 Å². The zero-order valence-electron chi connectivity index (χ0n) is 9.63. The largest absolute Gasteiger partial charge is 0.308 e. The van der Waals surface area contributed by atoms with Crippen LogP contribution in [0, 0.1) is 0 Å². The number of nitrogens with zero attached hydrogens (tertiary/aromatic N) is 3. The van der Waals surface area contributed by atoms with Gasteiger partial charge in [-0.05, 0) is 24.7 Å². The first-order chi connectivity index (χ1) is 8.28. The molecule has 0 aromatic carbocycles. The molecule has 3 N–H and O–H groups in total. The fourth-order valence-electron chi connectivity index (χ4n) is 1.61. The van der Waals surface area contributed by atoms with Crippen molar-refractivity contribution in [2.75, 3.05) is 12.5 Å². The molecule has 2 heterocycles. The molecule has 0 aliphatic carbocycles. The minimum absolute atomic E-state index is 0.685. The van der Waals surface area contributed by atoms with Gasteiger partial charge in [0.1, 0.15) is 5.82 Å². The molecule has 2 aromatic heterocycles. The summed E-state index contributed by atoms with van der Waals surface area (Å²) in [6, 6.07) is 3.93. The SMILES string of the molecule is CN(Cc1ccnc(NN)c1)Cc1cscn1. The van der Waals surface area contributed by atoms with Crippen molar-refractivity contribution in [3.63, 3.8) is 0 Å². The summed E-state index contributed by atoms with van der Waals surface area (Å²) < 4.78 is 0. The van der Waals surface area contributed by atoms with Gasteiger partial charge in [0.2, 0.25) is 0 Å². The summed E-state index contributed by atoms with van der Waals surface area (Å²) >= 11 is 1.62. The predicted molar refractivity (Wildman–Crippen MR) is 69.3 cm³/mol. The van der Waals surface area contributed by atoms with E-state index in [4.69, 9.17) is 5.84 Å². The van der Waals surface area contributed by atoms with Crippen LogP contribution in [-0.4, -0.2) is 21.9 Å². The summed E-state index contributed by atoms with van der Waals surface area (Å²) in [5.41, 5.74) is 6.67. The van der Waals surface area contributed by atoms with E-state index in [1.165, 1.54) is 5.56 Å². The van der Waals surface area contributed by atoms with Gasteiger partial charge < -0.3 is 5.43 Å². The number of nitrogens with one attached hydrogen (secondary N) is 1. The molecule has 17 heavy (non-hydrogen) atoms. The zero-order chi connectivity index (χ0) is 12.1. The van der Waals surface area contributed by atoms with Crippen LogP contribution in [-0.2, 0) is 13.1 Å². The van der Waals surface area contributed by atoms with Gasteiger partial charge in [0, 0.05) is 24.7 Å². The first-order valence-electron chi connectivity index (χ1n) is 5.25. The maximum Gasteiger partial charge on any atom is 0.140 e. The Morgan fingerprint density at radius 3 is 3.00 bits per heavy atom. The van der Waals surface area contributed by atoms with Gasteiger partial charge in [0.05, 0.1) is 11.2 Å². The van der Waals surface area contributed by atoms with Gasteiger partial charge in [0.25, 0.3) is 0 Å². The van der Waals surface area contributed by atoms with Crippen molar-refractivity contribution in [3.8, 4) is 0 Å². The number of hydrazine groups is 1. The first-order valence-corrected chi connectivity index (χ1v) is 6.19. The summed E-state index contributed by atoms with van der Waals surface area (Å²) in [6.07, 6.45) is 1.75. The molecular formula is C11H15N5S. The van der Waals surface area contributed by atoms with E-state index in [0.717, 1.165) is 18.8 Å². The second-order valence-corrected chi connectivity index (χ2v) is 4.56. The highest BCUT2D eigenvalue weighted by Gasteiger charge is 2.04. The Morgan fingerprint density at radius 2 is 2.29 bits per heavy atom. The van der Waals surface area contributed by atoms with E-state index in [2.05, 4.69) is 32.7 Å². The van der Waals surface area contributed by atoms with E-state index in [9.17, 15) is 0 Å². The minimum Gasteiger partial charge on any atom is -0.308 e. The number of nitrogens with two attached hydrogens (primary N) is 1. The van der Waals surface area contributed by atoms with Crippen LogP contribution in [0.2, 0.25) is 0 Å². The number of anilines is 1. The maximum atomic E-state index is 5.32. The molecule has 6 heteroatoms. The molecule has 5 nitrogen and oxygen atoms in total. The minimum atomic E-state index is 0.685. The number of pyridine rings is 1. The van der Waals surface area contributed by atoms with Gasteiger partial charge >= 0.3 is 0 Å². The van der Waals surface area contributed by atoms with E-state index in [1.54, 1.807) is 17.5 Å². The lowest BCUT2D eigenvalue weighted by Gasteiger charge is -2.15. The van der Waals surface area contributed by atoms with Crippen molar-refractivity contribution in [1.29, 1.82) is 0 Å². The van der Waals surface area contributed by atoms with Crippen molar-refractivity contribution >= 4 is 17.2 Å². The summed E-state index contributed by atoms with van der Waals surface area (Å²) in [5.74, 6) is 6.01. The Labute approximate surface area is 104 Å². The lowest BCUT2D eigenvalue weighted by atomic mass is 10.2. The van der Waals surface area contributed by atoms with Gasteiger partial charge in [0.15, 0.2) is 0 Å². The van der Waals surface area contributed by atoms with E-state index >= 15 is 0 Å². The topological polar surface area (TPSA) is 67.1 Å². The van der Waals surface area contributed by atoms with E-state index in [0.29, 0.717) is 5.82 Å². The third-order valence-electron chi connectivity index (χ3n) is 2.34. The van der Waals surface area contributed by atoms with Crippen LogP contribution >= 0.6 is 11.3 Å². The van der Waals surface area contributed by atoms with Crippen LogP contribution in [0.15, 0.2) is 29.2 Å². The Bertz CT molecular complexity index is 457. The summed E-state index contributed by atoms with van der Waals surface area (Å²) in [6.45, 7) is 1.69. The van der Waals surface area contributed by atoms with Crippen molar-refractivity contribution in [2.24, 2.45) is 5.84 Å². The predicted octanol–water partition coefficient (Wildman–Crippen LogP) is 1.46. The van der Waals surface area contributed by atoms with Crippen LogP contribution < -0.4 is 11.3 Å². The number of aromatic nitrogens is 2. The van der Waals surface area contributed by atoms with Crippen molar-refractivity contribution in [2.45, 2.75) is 13.1 Å². The van der Waals surface area contributed by atoms with Crippen LogP contribution in [0.1, 0.15) is 11.3 Å². The maximum absolute atomic E-state index is 5.32. The van der Waals surface area contributed by atoms with Crippen molar-refractivity contribution in [3.05, 3.63) is 40.5 Å². The molecule has 2 aromatic rings. The molecule has 0 saturated heterocycles. The monoisotopic (exact) mass is 249 g/mol. The summed E-state index contributed by atoms with van der Waals surface area (Å²) in [5, 5.41) is 2.07. The van der Waals surface area contributed by atoms with Crippen LogP contribution in [0.4, 0.5) is 5.82 Å². The second kappa shape index (κ2) is 5.72. The fourth-order valence-corrected chi connectivity index (χ4v) is 2.16. The molecule has 90 valence electrons. The lowest BCUT2D eigenvalue weighted by Crippen LogP contribution is -2.18. The van der Waals surface area contributed by atoms with Gasteiger partial charge in [-0.15, -0.1) is 11.3 Å². The Morgan fingerprint density at radius 1 is 1.41 bits per heavy atom.